The molecule has 4 nitrogen and oxygen atoms in total. The van der Waals surface area contributed by atoms with Gasteiger partial charge in [0.05, 0.1) is 11.2 Å². The van der Waals surface area contributed by atoms with Crippen LogP contribution in [0.3, 0.4) is 0 Å². The molecule has 4 heteroatoms. The van der Waals surface area contributed by atoms with Gasteiger partial charge in [0.2, 0.25) is 0 Å². The lowest BCUT2D eigenvalue weighted by Gasteiger charge is -2.07. The molecule has 0 aliphatic heterocycles. The Morgan fingerprint density at radius 1 is 1.00 bits per heavy atom. The van der Waals surface area contributed by atoms with Crippen LogP contribution in [0.1, 0.15) is 17.1 Å². The molecular formula is C16H15N3O. The van der Waals surface area contributed by atoms with Crippen molar-refractivity contribution >= 4 is 10.9 Å². The Hall–Kier alpha value is -2.49. The summed E-state index contributed by atoms with van der Waals surface area (Å²) in [5, 5.41) is 1.05. The van der Waals surface area contributed by atoms with Crippen LogP contribution >= 0.6 is 0 Å². The first-order valence-corrected chi connectivity index (χ1v) is 6.50. The van der Waals surface area contributed by atoms with Crippen LogP contribution in [0.25, 0.3) is 22.2 Å². The molecule has 1 N–H and O–H groups in total. The quantitative estimate of drug-likeness (QED) is 0.736. The molecule has 0 unspecified atom stereocenters. The molecular weight excluding hydrogens is 250 g/mol. The van der Waals surface area contributed by atoms with E-state index in [1.807, 2.05) is 37.3 Å². The second-order valence-electron chi connectivity index (χ2n) is 4.99. The maximum absolute atomic E-state index is 11.8. The highest BCUT2D eigenvalue weighted by molar-refractivity contribution is 5.84. The van der Waals surface area contributed by atoms with Gasteiger partial charge in [-0.3, -0.25) is 9.78 Å². The van der Waals surface area contributed by atoms with Crippen molar-refractivity contribution in [2.75, 3.05) is 0 Å². The van der Waals surface area contributed by atoms with E-state index in [0.29, 0.717) is 11.4 Å². The average Bonchev–Trinajstić information content (AvgIpc) is 2.42. The van der Waals surface area contributed by atoms with Crippen molar-refractivity contribution in [2.24, 2.45) is 0 Å². The van der Waals surface area contributed by atoms with Crippen LogP contribution in [-0.4, -0.2) is 15.0 Å². The van der Waals surface area contributed by atoms with Crippen LogP contribution in [0.2, 0.25) is 0 Å². The van der Waals surface area contributed by atoms with Crippen molar-refractivity contribution in [3.8, 4) is 11.3 Å². The summed E-state index contributed by atoms with van der Waals surface area (Å²) in [5.41, 5.74) is 4.16. The molecule has 3 aromatic rings. The SMILES string of the molecule is Cc1ccc2cc(-c3nc(C)[nH]c(=O)c3C)ccc2n1. The molecule has 2 aromatic heterocycles. The van der Waals surface area contributed by atoms with Gasteiger partial charge in [-0.25, -0.2) is 4.98 Å². The number of aromatic nitrogens is 3. The van der Waals surface area contributed by atoms with E-state index >= 15 is 0 Å². The summed E-state index contributed by atoms with van der Waals surface area (Å²) in [6.07, 6.45) is 0. The average molecular weight is 265 g/mol. The van der Waals surface area contributed by atoms with E-state index in [2.05, 4.69) is 15.0 Å². The highest BCUT2D eigenvalue weighted by Crippen LogP contribution is 2.23. The summed E-state index contributed by atoms with van der Waals surface area (Å²) in [4.78, 5) is 23.5. The zero-order valence-electron chi connectivity index (χ0n) is 11.7. The second-order valence-corrected chi connectivity index (χ2v) is 4.99. The number of rotatable bonds is 1. The standard InChI is InChI=1S/C16H15N3O/c1-9-4-5-12-8-13(6-7-14(12)17-9)15-10(2)16(20)19-11(3)18-15/h4-8H,1-3H3,(H,18,19,20). The topological polar surface area (TPSA) is 58.6 Å². The van der Waals surface area contributed by atoms with Gasteiger partial charge in [0, 0.05) is 22.2 Å². The summed E-state index contributed by atoms with van der Waals surface area (Å²) in [7, 11) is 0. The summed E-state index contributed by atoms with van der Waals surface area (Å²) in [6.45, 7) is 5.55. The molecule has 0 saturated heterocycles. The Kier molecular flexibility index (Phi) is 2.86. The van der Waals surface area contributed by atoms with Crippen LogP contribution in [0.4, 0.5) is 0 Å². The summed E-state index contributed by atoms with van der Waals surface area (Å²) >= 11 is 0. The van der Waals surface area contributed by atoms with Gasteiger partial charge < -0.3 is 4.98 Å². The molecule has 0 bridgehead atoms. The third kappa shape index (κ3) is 2.09. The molecule has 1 aromatic carbocycles. The Morgan fingerprint density at radius 3 is 2.60 bits per heavy atom. The molecule has 0 aliphatic rings. The predicted octanol–water partition coefficient (Wildman–Crippen LogP) is 2.91. The fourth-order valence-electron chi connectivity index (χ4n) is 2.30. The molecule has 100 valence electrons. The number of fused-ring (bicyclic) bond motifs is 1. The van der Waals surface area contributed by atoms with Crippen LogP contribution in [0, 0.1) is 20.8 Å². The van der Waals surface area contributed by atoms with Crippen molar-refractivity contribution in [2.45, 2.75) is 20.8 Å². The van der Waals surface area contributed by atoms with Gasteiger partial charge in [-0.15, -0.1) is 0 Å². The number of nitrogens with one attached hydrogen (secondary N) is 1. The minimum atomic E-state index is -0.0883. The third-order valence-electron chi connectivity index (χ3n) is 3.37. The van der Waals surface area contributed by atoms with Gasteiger partial charge in [-0.2, -0.15) is 0 Å². The first-order valence-electron chi connectivity index (χ1n) is 6.50. The molecule has 2 heterocycles. The lowest BCUT2D eigenvalue weighted by molar-refractivity contribution is 1.000. The lowest BCUT2D eigenvalue weighted by Crippen LogP contribution is -2.14. The maximum atomic E-state index is 11.8. The fourth-order valence-corrected chi connectivity index (χ4v) is 2.30. The van der Waals surface area contributed by atoms with Crippen LogP contribution in [-0.2, 0) is 0 Å². The lowest BCUT2D eigenvalue weighted by atomic mass is 10.0. The van der Waals surface area contributed by atoms with Gasteiger partial charge in [0.25, 0.3) is 5.56 Å². The Balaban J connectivity index is 2.25. The van der Waals surface area contributed by atoms with Crippen molar-refractivity contribution in [3.05, 3.63) is 57.8 Å². The number of hydrogen-bond donors (Lipinski definition) is 1. The van der Waals surface area contributed by atoms with Crippen LogP contribution in [0.5, 0.6) is 0 Å². The zero-order chi connectivity index (χ0) is 14.3. The Morgan fingerprint density at radius 2 is 1.80 bits per heavy atom. The zero-order valence-corrected chi connectivity index (χ0v) is 11.7. The monoisotopic (exact) mass is 265 g/mol. The molecule has 0 amide bonds. The number of aromatic amines is 1. The van der Waals surface area contributed by atoms with Gasteiger partial charge >= 0.3 is 0 Å². The Labute approximate surface area is 116 Å². The van der Waals surface area contributed by atoms with E-state index < -0.39 is 0 Å². The molecule has 20 heavy (non-hydrogen) atoms. The van der Waals surface area contributed by atoms with E-state index in [0.717, 1.165) is 27.9 Å². The van der Waals surface area contributed by atoms with E-state index in [4.69, 9.17) is 0 Å². The number of aryl methyl sites for hydroxylation is 2. The minimum Gasteiger partial charge on any atom is -0.311 e. The Bertz CT molecular complexity index is 865. The van der Waals surface area contributed by atoms with Crippen molar-refractivity contribution in [1.82, 2.24) is 15.0 Å². The summed E-state index contributed by atoms with van der Waals surface area (Å²) < 4.78 is 0. The molecule has 0 spiro atoms. The van der Waals surface area contributed by atoms with Gasteiger partial charge in [0.15, 0.2) is 0 Å². The van der Waals surface area contributed by atoms with Crippen molar-refractivity contribution in [3.63, 3.8) is 0 Å². The van der Waals surface area contributed by atoms with Crippen LogP contribution < -0.4 is 5.56 Å². The van der Waals surface area contributed by atoms with E-state index in [9.17, 15) is 4.79 Å². The molecule has 0 fully saturated rings. The maximum Gasteiger partial charge on any atom is 0.254 e. The number of benzene rings is 1. The first-order chi connectivity index (χ1) is 9.54. The van der Waals surface area contributed by atoms with E-state index in [-0.39, 0.29) is 5.56 Å². The highest BCUT2D eigenvalue weighted by Gasteiger charge is 2.09. The largest absolute Gasteiger partial charge is 0.311 e. The molecule has 0 saturated carbocycles. The highest BCUT2D eigenvalue weighted by atomic mass is 16.1. The number of hydrogen-bond acceptors (Lipinski definition) is 3. The van der Waals surface area contributed by atoms with Crippen molar-refractivity contribution < 1.29 is 0 Å². The van der Waals surface area contributed by atoms with Gasteiger partial charge in [-0.05, 0) is 39.0 Å². The van der Waals surface area contributed by atoms with Gasteiger partial charge in [0.1, 0.15) is 5.82 Å². The number of H-pyrrole nitrogens is 1. The molecule has 0 aliphatic carbocycles. The summed E-state index contributed by atoms with van der Waals surface area (Å²) in [6, 6.07) is 9.97. The second kappa shape index (κ2) is 4.56. The van der Waals surface area contributed by atoms with E-state index in [1.54, 1.807) is 13.8 Å². The first kappa shape index (κ1) is 12.5. The normalized spacial score (nSPS) is 10.9. The van der Waals surface area contributed by atoms with Gasteiger partial charge in [-0.1, -0.05) is 12.1 Å². The fraction of sp³-hybridized carbons (Fsp3) is 0.188. The number of nitrogens with zero attached hydrogens (tertiary/aromatic N) is 2. The van der Waals surface area contributed by atoms with Crippen LogP contribution in [0.15, 0.2) is 35.1 Å². The summed E-state index contributed by atoms with van der Waals surface area (Å²) in [5.74, 6) is 0.623. The van der Waals surface area contributed by atoms with E-state index in [1.165, 1.54) is 0 Å². The predicted molar refractivity (Wildman–Crippen MR) is 79.8 cm³/mol. The smallest absolute Gasteiger partial charge is 0.254 e. The molecule has 3 rings (SSSR count). The molecule has 0 radical (unpaired) electrons. The number of pyridine rings is 1. The minimum absolute atomic E-state index is 0.0883. The third-order valence-corrected chi connectivity index (χ3v) is 3.37. The molecule has 0 atom stereocenters. The van der Waals surface area contributed by atoms with Crippen molar-refractivity contribution in [1.29, 1.82) is 0 Å².